The summed E-state index contributed by atoms with van der Waals surface area (Å²) in [6.45, 7) is 1.51. The predicted octanol–water partition coefficient (Wildman–Crippen LogP) is 1.75. The highest BCUT2D eigenvalue weighted by Crippen LogP contribution is 2.18. The van der Waals surface area contributed by atoms with Gasteiger partial charge in [-0.25, -0.2) is 4.98 Å². The van der Waals surface area contributed by atoms with Gasteiger partial charge in [0.1, 0.15) is 5.78 Å². The second-order valence-electron chi connectivity index (χ2n) is 3.52. The normalized spacial score (nSPS) is 10.6. The molecule has 0 unspecified atom stereocenters. The highest BCUT2D eigenvalue weighted by atomic mass is 79.9. The van der Waals surface area contributed by atoms with Crippen molar-refractivity contribution in [3.8, 4) is 0 Å². The fourth-order valence-corrected chi connectivity index (χ4v) is 1.97. The molecular formula is C11H9BrN2O2. The molecule has 16 heavy (non-hydrogen) atoms. The number of benzene rings is 1. The summed E-state index contributed by atoms with van der Waals surface area (Å²) >= 11 is 3.33. The summed E-state index contributed by atoms with van der Waals surface area (Å²) < 4.78 is 2.09. The van der Waals surface area contributed by atoms with Gasteiger partial charge in [0.05, 0.1) is 23.8 Å². The van der Waals surface area contributed by atoms with Crippen molar-refractivity contribution in [1.82, 2.24) is 9.55 Å². The quantitative estimate of drug-likeness (QED) is 0.842. The van der Waals surface area contributed by atoms with Gasteiger partial charge >= 0.3 is 0 Å². The van der Waals surface area contributed by atoms with Gasteiger partial charge in [0, 0.05) is 4.47 Å². The summed E-state index contributed by atoms with van der Waals surface area (Å²) in [6.07, 6.45) is 1.40. The lowest BCUT2D eigenvalue weighted by Crippen LogP contribution is -2.23. The van der Waals surface area contributed by atoms with Gasteiger partial charge < -0.3 is 0 Å². The van der Waals surface area contributed by atoms with Gasteiger partial charge in [-0.3, -0.25) is 14.2 Å². The number of aromatic nitrogens is 2. The zero-order chi connectivity index (χ0) is 11.7. The molecule has 0 atom stereocenters. The molecule has 1 aromatic heterocycles. The van der Waals surface area contributed by atoms with Crippen LogP contribution in [0.4, 0.5) is 0 Å². The minimum atomic E-state index is -0.193. The number of hydrogen-bond acceptors (Lipinski definition) is 3. The number of carbonyl (C=O) groups is 1. The van der Waals surface area contributed by atoms with E-state index in [2.05, 4.69) is 20.9 Å². The zero-order valence-corrected chi connectivity index (χ0v) is 10.2. The molecule has 1 heterocycles. The minimum absolute atomic E-state index is 0.0638. The first kappa shape index (κ1) is 11.0. The Morgan fingerprint density at radius 3 is 2.94 bits per heavy atom. The molecule has 0 aliphatic rings. The molecule has 2 aromatic rings. The van der Waals surface area contributed by atoms with Crippen LogP contribution >= 0.6 is 15.9 Å². The number of carbonyl (C=O) groups excluding carboxylic acids is 1. The largest absolute Gasteiger partial charge is 0.298 e. The number of ketones is 1. The molecule has 82 valence electrons. The van der Waals surface area contributed by atoms with Crippen molar-refractivity contribution in [2.75, 3.05) is 0 Å². The van der Waals surface area contributed by atoms with Crippen LogP contribution in [0.2, 0.25) is 0 Å². The van der Waals surface area contributed by atoms with Crippen molar-refractivity contribution in [2.24, 2.45) is 0 Å². The fourth-order valence-electron chi connectivity index (χ4n) is 1.51. The van der Waals surface area contributed by atoms with Crippen LogP contribution in [0.15, 0.2) is 33.8 Å². The van der Waals surface area contributed by atoms with Gasteiger partial charge in [0.25, 0.3) is 5.56 Å². The van der Waals surface area contributed by atoms with E-state index in [0.29, 0.717) is 10.9 Å². The first-order valence-corrected chi connectivity index (χ1v) is 5.52. The number of nitrogens with zero attached hydrogens (tertiary/aromatic N) is 2. The molecule has 0 fully saturated rings. The van der Waals surface area contributed by atoms with E-state index in [1.54, 1.807) is 12.1 Å². The Kier molecular flexibility index (Phi) is 2.87. The number of halogens is 1. The number of hydrogen-bond donors (Lipinski definition) is 0. The van der Waals surface area contributed by atoms with Gasteiger partial charge in [-0.2, -0.15) is 0 Å². The van der Waals surface area contributed by atoms with Crippen molar-refractivity contribution in [2.45, 2.75) is 13.5 Å². The monoisotopic (exact) mass is 280 g/mol. The van der Waals surface area contributed by atoms with Crippen molar-refractivity contribution in [3.05, 3.63) is 39.4 Å². The Hall–Kier alpha value is -1.49. The second kappa shape index (κ2) is 4.17. The van der Waals surface area contributed by atoms with E-state index in [1.807, 2.05) is 6.07 Å². The molecule has 0 aliphatic heterocycles. The maximum atomic E-state index is 12.0. The first-order chi connectivity index (χ1) is 7.59. The molecule has 0 amide bonds. The highest BCUT2D eigenvalue weighted by Gasteiger charge is 2.07. The molecule has 0 spiro atoms. The molecular weight excluding hydrogens is 272 g/mol. The van der Waals surface area contributed by atoms with Gasteiger partial charge in [-0.15, -0.1) is 0 Å². The molecule has 0 bridgehead atoms. The van der Waals surface area contributed by atoms with Crippen molar-refractivity contribution in [3.63, 3.8) is 0 Å². The summed E-state index contributed by atoms with van der Waals surface area (Å²) in [5, 5.41) is 0.512. The van der Waals surface area contributed by atoms with Gasteiger partial charge in [0.2, 0.25) is 0 Å². The molecule has 1 aromatic carbocycles. The lowest BCUT2D eigenvalue weighted by Gasteiger charge is -2.04. The van der Waals surface area contributed by atoms with Gasteiger partial charge in [0.15, 0.2) is 0 Å². The van der Waals surface area contributed by atoms with Gasteiger partial charge in [-0.05, 0) is 35.0 Å². The summed E-state index contributed by atoms with van der Waals surface area (Å²) in [4.78, 5) is 27.1. The fraction of sp³-hybridized carbons (Fsp3) is 0.182. The Balaban J connectivity index is 2.71. The number of para-hydroxylation sites is 1. The molecule has 0 N–H and O–H groups in total. The van der Waals surface area contributed by atoms with Crippen LogP contribution in [0.5, 0.6) is 0 Å². The maximum absolute atomic E-state index is 12.0. The average molecular weight is 281 g/mol. The Bertz CT molecular complexity index is 619. The Morgan fingerprint density at radius 1 is 1.50 bits per heavy atom. The van der Waals surface area contributed by atoms with E-state index in [0.717, 1.165) is 4.47 Å². The summed E-state index contributed by atoms with van der Waals surface area (Å²) in [5.41, 5.74) is 0.425. The van der Waals surface area contributed by atoms with E-state index >= 15 is 0 Å². The third-order valence-electron chi connectivity index (χ3n) is 2.20. The first-order valence-electron chi connectivity index (χ1n) is 4.72. The highest BCUT2D eigenvalue weighted by molar-refractivity contribution is 9.10. The summed E-state index contributed by atoms with van der Waals surface area (Å²) in [5.74, 6) is -0.0711. The standard InChI is InChI=1S/C11H9BrN2O2/c1-7(15)5-14-6-13-10-8(11(14)16)3-2-4-9(10)12/h2-4,6H,5H2,1H3. The molecule has 4 nitrogen and oxygen atoms in total. The molecule has 0 radical (unpaired) electrons. The van der Waals surface area contributed by atoms with Crippen molar-refractivity contribution in [1.29, 1.82) is 0 Å². The predicted molar refractivity (Wildman–Crippen MR) is 64.4 cm³/mol. The third kappa shape index (κ3) is 1.90. The average Bonchev–Trinajstić information content (AvgIpc) is 2.23. The van der Waals surface area contributed by atoms with E-state index in [-0.39, 0.29) is 17.9 Å². The lowest BCUT2D eigenvalue weighted by atomic mass is 10.2. The van der Waals surface area contributed by atoms with Crippen LogP contribution in [-0.4, -0.2) is 15.3 Å². The number of fused-ring (bicyclic) bond motifs is 1. The number of rotatable bonds is 2. The molecule has 0 saturated carbocycles. The van der Waals surface area contributed by atoms with Crippen LogP contribution in [0.25, 0.3) is 10.9 Å². The van der Waals surface area contributed by atoms with Crippen molar-refractivity contribution >= 4 is 32.6 Å². The van der Waals surface area contributed by atoms with Crippen LogP contribution in [0.1, 0.15) is 6.92 Å². The summed E-state index contributed by atoms with van der Waals surface area (Å²) in [6, 6.07) is 5.30. The van der Waals surface area contributed by atoms with Crippen molar-refractivity contribution < 1.29 is 4.79 Å². The smallest absolute Gasteiger partial charge is 0.261 e. The van der Waals surface area contributed by atoms with Crippen LogP contribution in [-0.2, 0) is 11.3 Å². The van der Waals surface area contributed by atoms with Crippen LogP contribution in [0, 0.1) is 0 Å². The van der Waals surface area contributed by atoms with E-state index < -0.39 is 0 Å². The minimum Gasteiger partial charge on any atom is -0.298 e. The Labute approximate surface area is 100 Å². The van der Waals surface area contributed by atoms with Crippen LogP contribution < -0.4 is 5.56 Å². The number of Topliss-reactive ketones (excluding diaryl/α,β-unsaturated/α-hetero) is 1. The van der Waals surface area contributed by atoms with Gasteiger partial charge in [-0.1, -0.05) is 6.07 Å². The van der Waals surface area contributed by atoms with E-state index in [4.69, 9.17) is 0 Å². The SMILES string of the molecule is CC(=O)Cn1cnc2c(Br)cccc2c1=O. The molecule has 5 heteroatoms. The molecule has 0 saturated heterocycles. The van der Waals surface area contributed by atoms with E-state index in [9.17, 15) is 9.59 Å². The Morgan fingerprint density at radius 2 is 2.25 bits per heavy atom. The second-order valence-corrected chi connectivity index (χ2v) is 4.37. The van der Waals surface area contributed by atoms with Crippen LogP contribution in [0.3, 0.4) is 0 Å². The topological polar surface area (TPSA) is 52.0 Å². The third-order valence-corrected chi connectivity index (χ3v) is 2.84. The van der Waals surface area contributed by atoms with E-state index in [1.165, 1.54) is 17.8 Å². The molecule has 2 rings (SSSR count). The lowest BCUT2D eigenvalue weighted by molar-refractivity contribution is -0.117. The maximum Gasteiger partial charge on any atom is 0.261 e. The zero-order valence-electron chi connectivity index (χ0n) is 8.61. The summed E-state index contributed by atoms with van der Waals surface area (Å²) in [7, 11) is 0. The molecule has 0 aliphatic carbocycles.